The zero-order chi connectivity index (χ0) is 22.8. The van der Waals surface area contributed by atoms with E-state index in [4.69, 9.17) is 0 Å². The highest BCUT2D eigenvalue weighted by atomic mass is 14.9. The number of benzene rings is 1. The SMILES string of the molecule is C=C(CCCC)c1c(C)cc(C)c(NC(CCC)CCCC2=C(C#N)CCC=C2)c1C. The maximum atomic E-state index is 9.40. The van der Waals surface area contributed by atoms with Gasteiger partial charge in [0.1, 0.15) is 0 Å². The highest BCUT2D eigenvalue weighted by molar-refractivity contribution is 5.76. The van der Waals surface area contributed by atoms with E-state index in [-0.39, 0.29) is 0 Å². The van der Waals surface area contributed by atoms with E-state index < -0.39 is 0 Å². The summed E-state index contributed by atoms with van der Waals surface area (Å²) < 4.78 is 0. The van der Waals surface area contributed by atoms with Gasteiger partial charge >= 0.3 is 0 Å². The number of aryl methyl sites for hydroxylation is 2. The number of hydrogen-bond donors (Lipinski definition) is 1. The number of allylic oxidation sites excluding steroid dienone is 5. The molecule has 0 heterocycles. The van der Waals surface area contributed by atoms with Crippen LogP contribution in [0.4, 0.5) is 5.69 Å². The van der Waals surface area contributed by atoms with Crippen LogP contribution in [0, 0.1) is 32.1 Å². The molecule has 168 valence electrons. The van der Waals surface area contributed by atoms with Crippen LogP contribution in [0.5, 0.6) is 0 Å². The van der Waals surface area contributed by atoms with E-state index in [1.54, 1.807) is 0 Å². The van der Waals surface area contributed by atoms with Crippen molar-refractivity contribution in [1.29, 1.82) is 5.26 Å². The third-order valence-electron chi connectivity index (χ3n) is 6.54. The molecule has 0 saturated heterocycles. The van der Waals surface area contributed by atoms with Gasteiger partial charge in [0.05, 0.1) is 6.07 Å². The number of nitrogens with zero attached hydrogens (tertiary/aromatic N) is 1. The van der Waals surface area contributed by atoms with Crippen molar-refractivity contribution in [2.24, 2.45) is 0 Å². The summed E-state index contributed by atoms with van der Waals surface area (Å²) in [4.78, 5) is 0. The van der Waals surface area contributed by atoms with Crippen LogP contribution in [0.2, 0.25) is 0 Å². The van der Waals surface area contributed by atoms with E-state index in [1.165, 1.54) is 64.8 Å². The predicted molar refractivity (Wildman–Crippen MR) is 136 cm³/mol. The van der Waals surface area contributed by atoms with Crippen LogP contribution in [0.15, 0.2) is 35.9 Å². The fraction of sp³-hybridized carbons (Fsp3) is 0.552. The largest absolute Gasteiger partial charge is 0.382 e. The quantitative estimate of drug-likeness (QED) is 0.368. The van der Waals surface area contributed by atoms with Crippen LogP contribution in [0.25, 0.3) is 5.57 Å². The van der Waals surface area contributed by atoms with E-state index in [1.807, 2.05) is 0 Å². The lowest BCUT2D eigenvalue weighted by molar-refractivity contribution is 0.568. The van der Waals surface area contributed by atoms with Gasteiger partial charge in [0.2, 0.25) is 0 Å². The Labute approximate surface area is 191 Å². The Hall–Kier alpha value is -2.27. The summed E-state index contributed by atoms with van der Waals surface area (Å²) in [5, 5.41) is 13.3. The first kappa shape index (κ1) is 25.0. The van der Waals surface area contributed by atoms with Gasteiger partial charge in [0.25, 0.3) is 0 Å². The Morgan fingerprint density at radius 2 is 1.90 bits per heavy atom. The Morgan fingerprint density at radius 3 is 2.58 bits per heavy atom. The third-order valence-corrected chi connectivity index (χ3v) is 6.54. The minimum Gasteiger partial charge on any atom is -0.382 e. The predicted octanol–water partition coefficient (Wildman–Crippen LogP) is 8.74. The molecular weight excluding hydrogens is 376 g/mol. The standard InChI is InChI=1S/C29H42N2/c1-7-9-14-21(3)28-22(4)19-23(5)29(24(28)6)31-27(13-8-2)18-12-17-25-15-10-11-16-26(25)20-30/h10,15,19,27,31H,3,7-9,11-14,16-18H2,1-2,4-6H3. The van der Waals surface area contributed by atoms with Crippen molar-refractivity contribution < 1.29 is 0 Å². The monoisotopic (exact) mass is 418 g/mol. The maximum absolute atomic E-state index is 9.40. The minimum absolute atomic E-state index is 0.459. The fourth-order valence-electron chi connectivity index (χ4n) is 4.92. The Balaban J connectivity index is 2.15. The highest BCUT2D eigenvalue weighted by Gasteiger charge is 2.17. The van der Waals surface area contributed by atoms with Crippen LogP contribution in [-0.2, 0) is 0 Å². The summed E-state index contributed by atoms with van der Waals surface area (Å²) in [7, 11) is 0. The molecule has 1 aliphatic rings. The van der Waals surface area contributed by atoms with Gasteiger partial charge < -0.3 is 5.32 Å². The first-order valence-electron chi connectivity index (χ1n) is 12.3. The van der Waals surface area contributed by atoms with Crippen molar-refractivity contribution in [1.82, 2.24) is 0 Å². The van der Waals surface area contributed by atoms with Crippen LogP contribution in [0.1, 0.15) is 100 Å². The lowest BCUT2D eigenvalue weighted by atomic mass is 9.89. The number of rotatable bonds is 12. The van der Waals surface area contributed by atoms with E-state index in [0.717, 1.165) is 44.1 Å². The molecule has 1 aliphatic carbocycles. The van der Waals surface area contributed by atoms with Gasteiger partial charge in [-0.05, 0) is 106 Å². The lowest BCUT2D eigenvalue weighted by Gasteiger charge is -2.25. The van der Waals surface area contributed by atoms with Gasteiger partial charge in [-0.1, -0.05) is 51.5 Å². The van der Waals surface area contributed by atoms with Crippen LogP contribution >= 0.6 is 0 Å². The molecule has 1 aromatic carbocycles. The number of nitriles is 1. The normalized spacial score (nSPS) is 14.5. The average molecular weight is 419 g/mol. The molecule has 2 heteroatoms. The van der Waals surface area contributed by atoms with E-state index in [2.05, 4.69) is 70.8 Å². The maximum Gasteiger partial charge on any atom is 0.0950 e. The lowest BCUT2D eigenvalue weighted by Crippen LogP contribution is -2.21. The molecule has 2 rings (SSSR count). The van der Waals surface area contributed by atoms with Crippen molar-refractivity contribution >= 4 is 11.3 Å². The molecule has 1 aromatic rings. The Kier molecular flexibility index (Phi) is 10.1. The molecule has 0 aromatic heterocycles. The van der Waals surface area contributed by atoms with E-state index in [9.17, 15) is 5.26 Å². The van der Waals surface area contributed by atoms with Gasteiger partial charge in [-0.2, -0.15) is 5.26 Å². The molecule has 0 bridgehead atoms. The highest BCUT2D eigenvalue weighted by Crippen LogP contribution is 2.34. The topological polar surface area (TPSA) is 35.8 Å². The number of anilines is 1. The second kappa shape index (κ2) is 12.6. The number of hydrogen-bond acceptors (Lipinski definition) is 2. The molecule has 31 heavy (non-hydrogen) atoms. The van der Waals surface area contributed by atoms with E-state index in [0.29, 0.717) is 6.04 Å². The van der Waals surface area contributed by atoms with Crippen LogP contribution in [0.3, 0.4) is 0 Å². The van der Waals surface area contributed by atoms with Gasteiger partial charge in [-0.25, -0.2) is 0 Å². The molecule has 0 saturated carbocycles. The summed E-state index contributed by atoms with van der Waals surface area (Å²) >= 11 is 0. The third kappa shape index (κ3) is 6.86. The van der Waals surface area contributed by atoms with Gasteiger partial charge in [0, 0.05) is 17.3 Å². The molecule has 2 nitrogen and oxygen atoms in total. The van der Waals surface area contributed by atoms with Gasteiger partial charge in [-0.15, -0.1) is 0 Å². The Morgan fingerprint density at radius 1 is 1.13 bits per heavy atom. The summed E-state index contributed by atoms with van der Waals surface area (Å²) in [5.74, 6) is 0. The molecule has 1 N–H and O–H groups in total. The number of nitrogens with one attached hydrogen (secondary N) is 1. The first-order chi connectivity index (χ1) is 14.9. The zero-order valence-electron chi connectivity index (χ0n) is 20.5. The zero-order valence-corrected chi connectivity index (χ0v) is 20.5. The first-order valence-corrected chi connectivity index (χ1v) is 12.3. The molecule has 0 fully saturated rings. The molecule has 0 amide bonds. The molecular formula is C29H42N2. The van der Waals surface area contributed by atoms with Gasteiger partial charge in [-0.3, -0.25) is 0 Å². The number of unbranched alkanes of at least 4 members (excludes halogenated alkanes) is 1. The molecule has 0 spiro atoms. The van der Waals surface area contributed by atoms with Crippen molar-refractivity contribution in [2.45, 2.75) is 105 Å². The minimum atomic E-state index is 0.459. The smallest absolute Gasteiger partial charge is 0.0950 e. The van der Waals surface area contributed by atoms with Crippen LogP contribution < -0.4 is 5.32 Å². The fourth-order valence-corrected chi connectivity index (χ4v) is 4.92. The van der Waals surface area contributed by atoms with Crippen molar-refractivity contribution in [3.05, 3.63) is 58.2 Å². The van der Waals surface area contributed by atoms with Crippen molar-refractivity contribution in [3.8, 4) is 6.07 Å². The summed E-state index contributed by atoms with van der Waals surface area (Å²) in [6, 6.07) is 5.19. The second-order valence-electron chi connectivity index (χ2n) is 9.17. The average Bonchev–Trinajstić information content (AvgIpc) is 2.75. The molecule has 1 atom stereocenters. The summed E-state index contributed by atoms with van der Waals surface area (Å²) in [5.41, 5.74) is 10.2. The van der Waals surface area contributed by atoms with Gasteiger partial charge in [0.15, 0.2) is 0 Å². The Bertz CT molecular complexity index is 864. The summed E-state index contributed by atoms with van der Waals surface area (Å²) in [6.45, 7) is 15.6. The van der Waals surface area contributed by atoms with Crippen molar-refractivity contribution in [3.63, 3.8) is 0 Å². The van der Waals surface area contributed by atoms with E-state index >= 15 is 0 Å². The molecule has 0 radical (unpaired) electrons. The second-order valence-corrected chi connectivity index (χ2v) is 9.17. The molecule has 0 aliphatic heterocycles. The molecule has 1 unspecified atom stereocenters. The van der Waals surface area contributed by atoms with Crippen LogP contribution in [-0.4, -0.2) is 6.04 Å². The summed E-state index contributed by atoms with van der Waals surface area (Å²) in [6.07, 6.45) is 15.4. The van der Waals surface area contributed by atoms with Crippen molar-refractivity contribution in [2.75, 3.05) is 5.32 Å².